The number of unbranched alkanes of at least 4 members (excludes halogenated alkanes) is 24. The van der Waals surface area contributed by atoms with Crippen LogP contribution < -0.4 is 0 Å². The van der Waals surface area contributed by atoms with Gasteiger partial charge < -0.3 is 39.0 Å². The summed E-state index contributed by atoms with van der Waals surface area (Å²) >= 11 is 0. The third kappa shape index (κ3) is 50.7. The number of hydrogen-bond donors (Lipinski definition) is 3. The van der Waals surface area contributed by atoms with Gasteiger partial charge in [0.25, 0.3) is 0 Å². The topological polar surface area (TPSA) is 175 Å². The third-order valence-corrected chi connectivity index (χ3v) is 15.0. The number of hydrogen-bond acceptors (Lipinski definition) is 11. The van der Waals surface area contributed by atoms with E-state index in [4.69, 9.17) is 23.7 Å². The number of carboxylic acid groups (broad SMARTS) is 1. The van der Waals surface area contributed by atoms with E-state index < -0.39 is 67.3 Å². The number of ether oxygens (including phenoxy) is 5. The van der Waals surface area contributed by atoms with E-state index in [1.165, 1.54) is 96.3 Å². The lowest BCUT2D eigenvalue weighted by Crippen LogP contribution is -2.61. The second-order valence-electron chi connectivity index (χ2n) is 23.1. The summed E-state index contributed by atoms with van der Waals surface area (Å²) in [5.74, 6) is -3.25. The zero-order valence-corrected chi connectivity index (χ0v) is 54.7. The van der Waals surface area contributed by atoms with Gasteiger partial charge in [-0.1, -0.05) is 258 Å². The molecule has 0 aromatic carbocycles. The highest BCUT2D eigenvalue weighted by Gasteiger charge is 2.50. The van der Waals surface area contributed by atoms with Crippen LogP contribution in [-0.4, -0.2) is 89.2 Å². The molecule has 1 fully saturated rings. The summed E-state index contributed by atoms with van der Waals surface area (Å²) in [7, 11) is 0. The molecule has 1 aliphatic heterocycles. The average molecular weight is 1220 g/mol. The van der Waals surface area contributed by atoms with Gasteiger partial charge in [0.2, 0.25) is 0 Å². The molecule has 0 spiro atoms. The molecule has 0 amide bonds. The number of carbonyl (C=O) groups excluding carboxylic acids is 3. The lowest BCUT2D eigenvalue weighted by atomic mass is 9.98. The van der Waals surface area contributed by atoms with Crippen molar-refractivity contribution in [1.29, 1.82) is 0 Å². The first-order valence-electron chi connectivity index (χ1n) is 34.5. The first kappa shape index (κ1) is 80.1. The van der Waals surface area contributed by atoms with Crippen LogP contribution in [0, 0.1) is 0 Å². The molecule has 6 unspecified atom stereocenters. The molecule has 1 rings (SSSR count). The number of aliphatic hydroxyl groups excluding tert-OH is 2. The number of carbonyl (C=O) groups is 4. The fourth-order valence-electron chi connectivity index (χ4n) is 9.75. The van der Waals surface area contributed by atoms with Crippen molar-refractivity contribution in [3.63, 3.8) is 0 Å². The Morgan fingerprint density at radius 2 is 0.747 bits per heavy atom. The van der Waals surface area contributed by atoms with Crippen LogP contribution in [0.1, 0.15) is 278 Å². The number of allylic oxidation sites excluding steroid dienone is 20. The van der Waals surface area contributed by atoms with Crippen molar-refractivity contribution in [3.8, 4) is 0 Å². The molecule has 12 heteroatoms. The summed E-state index contributed by atoms with van der Waals surface area (Å²) in [5, 5.41) is 31.6. The molecule has 0 radical (unpaired) electrons. The second kappa shape index (κ2) is 61.4. The highest BCUT2D eigenvalue weighted by molar-refractivity contribution is 5.74. The molecular weight excluding hydrogens is 1090 g/mol. The molecule has 0 bridgehead atoms. The SMILES string of the molecule is CC/C=C\C/C=C\C/C=C\C/C=C\C/C=C\C/C=C\CCC(=O)OC1C(OCC(COC(=O)CCCCCCCC/C=C\C/C=C\C/C=C\CCCCC)OC(=O)CCCCCCCCCCC/C=C\CCCCCCCC)OC(C(=O)O)C(O)C1O. The number of aliphatic carboxylic acids is 1. The van der Waals surface area contributed by atoms with E-state index >= 15 is 0 Å². The summed E-state index contributed by atoms with van der Waals surface area (Å²) in [5.41, 5.74) is 0. The Bertz CT molecular complexity index is 1970. The van der Waals surface area contributed by atoms with Gasteiger partial charge in [-0.05, 0) is 122 Å². The van der Waals surface area contributed by atoms with Gasteiger partial charge >= 0.3 is 23.9 Å². The summed E-state index contributed by atoms with van der Waals surface area (Å²) in [6.45, 7) is 5.84. The molecule has 12 nitrogen and oxygen atoms in total. The summed E-state index contributed by atoms with van der Waals surface area (Å²) < 4.78 is 28.5. The van der Waals surface area contributed by atoms with Crippen molar-refractivity contribution in [1.82, 2.24) is 0 Å². The van der Waals surface area contributed by atoms with Crippen LogP contribution >= 0.6 is 0 Å². The van der Waals surface area contributed by atoms with E-state index in [9.17, 15) is 34.5 Å². The minimum Gasteiger partial charge on any atom is -0.479 e. The van der Waals surface area contributed by atoms with Crippen LogP contribution in [0.4, 0.5) is 0 Å². The lowest BCUT2D eigenvalue weighted by Gasteiger charge is -2.40. The normalized spacial score (nSPS) is 18.1. The Labute approximate surface area is 528 Å². The molecular formula is C75H122O12. The van der Waals surface area contributed by atoms with Gasteiger partial charge in [-0.15, -0.1) is 0 Å². The predicted molar refractivity (Wildman–Crippen MR) is 358 cm³/mol. The fraction of sp³-hybridized carbons (Fsp3) is 0.680. The van der Waals surface area contributed by atoms with Crippen LogP contribution in [0.2, 0.25) is 0 Å². The van der Waals surface area contributed by atoms with Crippen molar-refractivity contribution >= 4 is 23.9 Å². The molecule has 494 valence electrons. The fourth-order valence-corrected chi connectivity index (χ4v) is 9.75. The van der Waals surface area contributed by atoms with Crippen molar-refractivity contribution in [2.45, 2.75) is 314 Å². The highest BCUT2D eigenvalue weighted by Crippen LogP contribution is 2.26. The molecule has 1 saturated heterocycles. The largest absolute Gasteiger partial charge is 0.479 e. The Morgan fingerprint density at radius 1 is 0.391 bits per heavy atom. The maximum atomic E-state index is 13.2. The molecule has 0 aromatic heterocycles. The summed E-state index contributed by atoms with van der Waals surface area (Å²) in [4.78, 5) is 51.4. The van der Waals surface area contributed by atoms with Gasteiger partial charge in [0.15, 0.2) is 24.6 Å². The molecule has 87 heavy (non-hydrogen) atoms. The van der Waals surface area contributed by atoms with Crippen molar-refractivity contribution < 1.29 is 58.2 Å². The first-order chi connectivity index (χ1) is 42.6. The molecule has 0 aliphatic carbocycles. The van der Waals surface area contributed by atoms with Crippen molar-refractivity contribution in [2.24, 2.45) is 0 Å². The van der Waals surface area contributed by atoms with Crippen molar-refractivity contribution in [2.75, 3.05) is 13.2 Å². The molecule has 0 aromatic rings. The maximum absolute atomic E-state index is 13.2. The number of aliphatic hydroxyl groups is 2. The van der Waals surface area contributed by atoms with E-state index in [-0.39, 0.29) is 25.9 Å². The van der Waals surface area contributed by atoms with Gasteiger partial charge in [-0.25, -0.2) is 4.79 Å². The summed E-state index contributed by atoms with van der Waals surface area (Å²) in [6.07, 6.45) is 73.0. The standard InChI is InChI=1S/C75H122O12/c1-4-7-10-13-16-19-22-25-28-31-34-37-40-43-46-49-52-55-58-61-67(76)83-64-66(85-68(77)62-59-56-53-50-47-44-41-38-35-32-29-26-23-20-17-14-11-8-5-2)65-84-75-73(71(80)70(79)72(87-75)74(81)82)86-69(78)63-60-57-54-51-48-45-42-39-36-33-30-27-24-21-18-15-12-9-6-3/h9,12,16,18-19,21,25-30,34,36-37,39,45,48,54,57,66,70-73,75,79-80H,4-8,10-11,13-15,17,20,22-24,31-33,35,38,40-44,46-47,49-53,55-56,58-65H2,1-3H3,(H,81,82)/b12-9-,19-16-,21-18-,28-25-,29-26-,30-27-,37-34-,39-36-,48-45-,57-54-. The third-order valence-electron chi connectivity index (χ3n) is 15.0. The Morgan fingerprint density at radius 3 is 1.18 bits per heavy atom. The van der Waals surface area contributed by atoms with Crippen LogP contribution in [-0.2, 0) is 42.9 Å². The number of carboxylic acids is 1. The molecule has 1 heterocycles. The highest BCUT2D eigenvalue weighted by atomic mass is 16.7. The smallest absolute Gasteiger partial charge is 0.335 e. The van der Waals surface area contributed by atoms with Crippen molar-refractivity contribution in [3.05, 3.63) is 122 Å². The van der Waals surface area contributed by atoms with Crippen LogP contribution in [0.3, 0.4) is 0 Å². The first-order valence-corrected chi connectivity index (χ1v) is 34.5. The van der Waals surface area contributed by atoms with Gasteiger partial charge in [-0.2, -0.15) is 0 Å². The minimum absolute atomic E-state index is 0.0714. The number of esters is 3. The van der Waals surface area contributed by atoms with E-state index in [1.54, 1.807) is 0 Å². The van der Waals surface area contributed by atoms with Crippen LogP contribution in [0.5, 0.6) is 0 Å². The van der Waals surface area contributed by atoms with Gasteiger partial charge in [0.1, 0.15) is 18.8 Å². The quantitative estimate of drug-likeness (QED) is 0.0228. The zero-order chi connectivity index (χ0) is 63.1. The van der Waals surface area contributed by atoms with Gasteiger partial charge in [0, 0.05) is 19.3 Å². The summed E-state index contributed by atoms with van der Waals surface area (Å²) in [6, 6.07) is 0. The van der Waals surface area contributed by atoms with E-state index in [2.05, 4.69) is 124 Å². The maximum Gasteiger partial charge on any atom is 0.335 e. The predicted octanol–water partition coefficient (Wildman–Crippen LogP) is 19.1. The second-order valence-corrected chi connectivity index (χ2v) is 23.1. The lowest BCUT2D eigenvalue weighted by molar-refractivity contribution is -0.301. The van der Waals surface area contributed by atoms with Crippen LogP contribution in [0.15, 0.2) is 122 Å². The Hall–Kier alpha value is -4.88. The van der Waals surface area contributed by atoms with Gasteiger partial charge in [0.05, 0.1) is 6.61 Å². The Kier molecular flexibility index (Phi) is 56.5. The monoisotopic (exact) mass is 1210 g/mol. The minimum atomic E-state index is -1.94. The molecule has 1 aliphatic rings. The Balaban J connectivity index is 2.70. The number of rotatable bonds is 58. The van der Waals surface area contributed by atoms with Crippen LogP contribution in [0.25, 0.3) is 0 Å². The van der Waals surface area contributed by atoms with E-state index in [1.807, 2.05) is 18.2 Å². The molecule has 0 saturated carbocycles. The zero-order valence-electron chi connectivity index (χ0n) is 54.7. The molecule has 3 N–H and O–H groups in total. The average Bonchev–Trinajstić information content (AvgIpc) is 2.60. The van der Waals surface area contributed by atoms with E-state index in [0.29, 0.717) is 25.7 Å². The molecule has 6 atom stereocenters. The van der Waals surface area contributed by atoms with E-state index in [0.717, 1.165) is 116 Å². The van der Waals surface area contributed by atoms with Gasteiger partial charge in [-0.3, -0.25) is 14.4 Å².